The number of anilines is 1. The summed E-state index contributed by atoms with van der Waals surface area (Å²) < 4.78 is 22.1. The van der Waals surface area contributed by atoms with Crippen LogP contribution in [0, 0.1) is 0 Å². The molecule has 5 rings (SSSR count). The van der Waals surface area contributed by atoms with E-state index in [2.05, 4.69) is 14.7 Å². The third kappa shape index (κ3) is 3.59. The maximum Gasteiger partial charge on any atom is 0.354 e. The van der Waals surface area contributed by atoms with Crippen molar-refractivity contribution in [3.8, 4) is 0 Å². The van der Waals surface area contributed by atoms with Gasteiger partial charge in [-0.15, -0.1) is 15.7 Å². The molecule has 1 aromatic carbocycles. The molecule has 0 radical (unpaired) electrons. The van der Waals surface area contributed by atoms with Gasteiger partial charge >= 0.3 is 6.03 Å². The Morgan fingerprint density at radius 1 is 1.42 bits per heavy atom. The third-order valence-electron chi connectivity index (χ3n) is 6.06. The first-order chi connectivity index (χ1) is 14.7. The van der Waals surface area contributed by atoms with Gasteiger partial charge in [-0.25, -0.2) is 19.1 Å². The summed E-state index contributed by atoms with van der Waals surface area (Å²) >= 11 is 0.990. The summed E-state index contributed by atoms with van der Waals surface area (Å²) in [6, 6.07) is 1.23. The van der Waals surface area contributed by atoms with Crippen molar-refractivity contribution in [2.75, 3.05) is 11.9 Å². The minimum absolute atomic E-state index is 0.0163. The molecule has 0 fully saturated rings. The average Bonchev–Trinajstić information content (AvgIpc) is 3.40. The van der Waals surface area contributed by atoms with Crippen LogP contribution < -0.4 is 10.5 Å². The molecule has 1 aliphatic heterocycles. The van der Waals surface area contributed by atoms with Gasteiger partial charge < -0.3 is 20.3 Å². The van der Waals surface area contributed by atoms with Crippen LogP contribution >= 0.6 is 11.3 Å². The van der Waals surface area contributed by atoms with Crippen molar-refractivity contribution >= 4 is 33.0 Å². The number of hydrogen-bond acceptors (Lipinski definition) is 7. The lowest BCUT2D eigenvalue weighted by atomic mass is 9.98. The molecule has 0 bridgehead atoms. The Morgan fingerprint density at radius 2 is 2.23 bits per heavy atom. The van der Waals surface area contributed by atoms with E-state index in [0.717, 1.165) is 52.9 Å². The van der Waals surface area contributed by atoms with Crippen LogP contribution in [0.3, 0.4) is 0 Å². The van der Waals surface area contributed by atoms with Crippen molar-refractivity contribution in [2.24, 2.45) is 9.50 Å². The van der Waals surface area contributed by atoms with Gasteiger partial charge in [0.15, 0.2) is 9.92 Å². The molecule has 166 valence electrons. The fourth-order valence-corrected chi connectivity index (χ4v) is 6.93. The maximum absolute atomic E-state index is 13.1. The predicted octanol–water partition coefficient (Wildman–Crippen LogP) is 2.28. The van der Waals surface area contributed by atoms with Crippen molar-refractivity contribution < 1.29 is 24.0 Å². The normalized spacial score (nSPS) is 26.0. The average molecular weight is 465 g/mol. The molecule has 0 saturated carbocycles. The van der Waals surface area contributed by atoms with Gasteiger partial charge in [-0.05, 0) is 61.3 Å². The van der Waals surface area contributed by atoms with Crippen LogP contribution in [0.4, 0.5) is 10.5 Å². The molecule has 2 heterocycles. The van der Waals surface area contributed by atoms with E-state index in [-0.39, 0.29) is 17.6 Å². The smallest absolute Gasteiger partial charge is 0.354 e. The van der Waals surface area contributed by atoms with Crippen molar-refractivity contribution in [1.82, 2.24) is 4.98 Å². The Bertz CT molecular complexity index is 1210. The summed E-state index contributed by atoms with van der Waals surface area (Å²) in [7, 11) is -3.61. The van der Waals surface area contributed by atoms with E-state index in [1.165, 1.54) is 0 Å². The number of aliphatic hydroxyl groups excluding tert-OH is 1. The molecular weight excluding hydrogens is 440 g/mol. The van der Waals surface area contributed by atoms with Crippen LogP contribution in [0.5, 0.6) is 0 Å². The molecule has 9 nitrogen and oxygen atoms in total. The molecule has 3 aliphatic rings. The number of hydrogen-bond donors (Lipinski definition) is 4. The van der Waals surface area contributed by atoms with Crippen LogP contribution in [0.1, 0.15) is 58.7 Å². The molecule has 1 aromatic heterocycles. The lowest BCUT2D eigenvalue weighted by molar-refractivity contribution is -0.0586. The molecule has 2 amide bonds. The quantitative estimate of drug-likeness (QED) is 0.536. The number of urea groups is 1. The summed E-state index contributed by atoms with van der Waals surface area (Å²) in [6.45, 7) is 1.86. The number of nitrogens with two attached hydrogens (primary N) is 1. The van der Waals surface area contributed by atoms with Crippen LogP contribution in [0.15, 0.2) is 14.8 Å². The standard InChI is InChI=1S/C20H24N4O5S2/c1-20(27)9-29-8-14-17(20)30-19(22-14)31(21,28)24-18(26)23-16-11-4-2-3-10(11)7-13-12(16)5-6-15(13)25/h7,15,25,27H,2-6,8-9H2,1H3,(H3,21,23,24,26,28). The highest BCUT2D eigenvalue weighted by Gasteiger charge is 2.35. The Hall–Kier alpha value is -1.89. The molecule has 11 heteroatoms. The van der Waals surface area contributed by atoms with Crippen LogP contribution in [0.25, 0.3) is 0 Å². The zero-order valence-electron chi connectivity index (χ0n) is 17.0. The van der Waals surface area contributed by atoms with E-state index in [9.17, 15) is 19.2 Å². The van der Waals surface area contributed by atoms with Crippen LogP contribution in [0.2, 0.25) is 0 Å². The third-order valence-corrected chi connectivity index (χ3v) is 9.20. The van der Waals surface area contributed by atoms with Crippen LogP contribution in [-0.4, -0.2) is 32.0 Å². The van der Waals surface area contributed by atoms with Crippen molar-refractivity contribution in [3.63, 3.8) is 0 Å². The zero-order valence-corrected chi connectivity index (χ0v) is 18.6. The first-order valence-electron chi connectivity index (χ1n) is 10.2. The summed E-state index contributed by atoms with van der Waals surface area (Å²) in [5.74, 6) is 0. The second-order valence-corrected chi connectivity index (χ2v) is 11.4. The number of nitrogens with zero attached hydrogens (tertiary/aromatic N) is 2. The van der Waals surface area contributed by atoms with E-state index >= 15 is 0 Å². The van der Waals surface area contributed by atoms with Gasteiger partial charge in [0.25, 0.3) is 0 Å². The highest BCUT2D eigenvalue weighted by Crippen LogP contribution is 2.42. The number of aliphatic hydroxyl groups is 2. The monoisotopic (exact) mass is 464 g/mol. The molecule has 3 unspecified atom stereocenters. The number of ether oxygens (including phenoxy) is 1. The molecule has 2 aliphatic carbocycles. The molecule has 0 spiro atoms. The lowest BCUT2D eigenvalue weighted by Crippen LogP contribution is -2.31. The molecule has 0 saturated heterocycles. The Balaban J connectivity index is 1.48. The number of nitrogens with one attached hydrogen (secondary N) is 1. The number of carbonyl (C=O) groups is 1. The van der Waals surface area contributed by atoms with Crippen LogP contribution in [-0.2, 0) is 46.1 Å². The van der Waals surface area contributed by atoms with Gasteiger partial charge in [0.05, 0.1) is 29.9 Å². The van der Waals surface area contributed by atoms with Gasteiger partial charge in [-0.1, -0.05) is 6.07 Å². The van der Waals surface area contributed by atoms with E-state index in [4.69, 9.17) is 9.88 Å². The van der Waals surface area contributed by atoms with Gasteiger partial charge in [0.1, 0.15) is 5.60 Å². The molecule has 2 aromatic rings. The van der Waals surface area contributed by atoms with Gasteiger partial charge in [-0.2, -0.15) is 0 Å². The minimum atomic E-state index is -3.61. The van der Waals surface area contributed by atoms with Gasteiger partial charge in [0.2, 0.25) is 4.34 Å². The molecular formula is C20H24N4O5S2. The highest BCUT2D eigenvalue weighted by atomic mass is 32.2. The number of carbonyl (C=O) groups excluding carboxylic acids is 1. The first-order valence-corrected chi connectivity index (χ1v) is 12.6. The Morgan fingerprint density at radius 3 is 3.00 bits per heavy atom. The fraction of sp³-hybridized carbons (Fsp3) is 0.500. The van der Waals surface area contributed by atoms with Gasteiger partial charge in [-0.3, -0.25) is 0 Å². The summed E-state index contributed by atoms with van der Waals surface area (Å²) in [5, 5.41) is 29.5. The lowest BCUT2D eigenvalue weighted by Gasteiger charge is -2.26. The number of amides is 2. The van der Waals surface area contributed by atoms with Crippen molar-refractivity contribution in [2.45, 2.75) is 61.7 Å². The van der Waals surface area contributed by atoms with Crippen molar-refractivity contribution in [1.29, 1.82) is 0 Å². The van der Waals surface area contributed by atoms with E-state index in [0.29, 0.717) is 29.1 Å². The SMILES string of the molecule is CC1(O)COCc2nc(S(N)(=O)=NC(=O)Nc3c4c(cc5c3CCC5O)CCC4)sc21. The zero-order chi connectivity index (χ0) is 22.0. The molecule has 5 N–H and O–H groups in total. The number of thiazole rings is 1. The summed E-state index contributed by atoms with van der Waals surface area (Å²) in [6.07, 6.45) is 3.44. The molecule has 3 atom stereocenters. The first kappa shape index (κ1) is 21.0. The van der Waals surface area contributed by atoms with E-state index < -0.39 is 27.7 Å². The minimum Gasteiger partial charge on any atom is -0.388 e. The molecule has 31 heavy (non-hydrogen) atoms. The predicted molar refractivity (Wildman–Crippen MR) is 115 cm³/mol. The van der Waals surface area contributed by atoms with E-state index in [1.54, 1.807) is 6.92 Å². The Kier molecular flexibility index (Phi) is 4.96. The Labute approximate surface area is 184 Å². The topological polar surface area (TPSA) is 147 Å². The largest absolute Gasteiger partial charge is 0.388 e. The number of rotatable bonds is 2. The van der Waals surface area contributed by atoms with E-state index in [1.807, 2.05) is 6.07 Å². The second-order valence-electron chi connectivity index (χ2n) is 8.48. The van der Waals surface area contributed by atoms with Gasteiger partial charge in [0, 0.05) is 5.69 Å². The number of aryl methyl sites for hydroxylation is 1. The summed E-state index contributed by atoms with van der Waals surface area (Å²) in [5.41, 5.74) is 3.80. The maximum atomic E-state index is 13.1. The highest BCUT2D eigenvalue weighted by molar-refractivity contribution is 7.93. The number of benzene rings is 1. The summed E-state index contributed by atoms with van der Waals surface area (Å²) in [4.78, 5) is 17.5. The number of fused-ring (bicyclic) bond motifs is 3. The second kappa shape index (κ2) is 7.32. The fourth-order valence-electron chi connectivity index (χ4n) is 4.64. The number of aromatic nitrogens is 1. The van der Waals surface area contributed by atoms with Crippen molar-refractivity contribution in [3.05, 3.63) is 38.9 Å².